The molecule has 0 aliphatic heterocycles. The number of aromatic nitrogens is 1. The Bertz CT molecular complexity index is 538. The summed E-state index contributed by atoms with van der Waals surface area (Å²) in [6.45, 7) is 3.12. The summed E-state index contributed by atoms with van der Waals surface area (Å²) < 4.78 is 5.36. The number of amides is 1. The molecular weight excluding hydrogens is 252 g/mol. The van der Waals surface area contributed by atoms with Crippen LogP contribution in [-0.2, 0) is 17.8 Å². The number of carbonyl (C=O) groups is 1. The van der Waals surface area contributed by atoms with E-state index in [1.807, 2.05) is 43.3 Å². The van der Waals surface area contributed by atoms with Crippen molar-refractivity contribution in [1.29, 1.82) is 0 Å². The maximum atomic E-state index is 11.8. The molecule has 0 aliphatic rings. The monoisotopic (exact) mass is 270 g/mol. The van der Waals surface area contributed by atoms with Gasteiger partial charge in [0.2, 0.25) is 5.91 Å². The summed E-state index contributed by atoms with van der Waals surface area (Å²) in [5, 5.41) is 2.89. The predicted molar refractivity (Wildman–Crippen MR) is 77.4 cm³/mol. The zero-order chi connectivity index (χ0) is 14.2. The number of carbonyl (C=O) groups excluding carboxylic acids is 1. The van der Waals surface area contributed by atoms with E-state index in [4.69, 9.17) is 4.74 Å². The van der Waals surface area contributed by atoms with Crippen LogP contribution in [0.5, 0.6) is 5.75 Å². The van der Waals surface area contributed by atoms with E-state index in [1.165, 1.54) is 0 Å². The second-order valence-corrected chi connectivity index (χ2v) is 4.39. The molecule has 20 heavy (non-hydrogen) atoms. The quantitative estimate of drug-likeness (QED) is 0.876. The minimum atomic E-state index is 0.00553. The Hall–Kier alpha value is -2.36. The molecule has 0 bridgehead atoms. The van der Waals surface area contributed by atoms with E-state index in [1.54, 1.807) is 12.4 Å². The molecule has 0 aliphatic carbocycles. The fraction of sp³-hybridized carbons (Fsp3) is 0.250. The van der Waals surface area contributed by atoms with Gasteiger partial charge >= 0.3 is 0 Å². The molecule has 0 unspecified atom stereocenters. The lowest BCUT2D eigenvalue weighted by atomic mass is 10.1. The van der Waals surface area contributed by atoms with Crippen LogP contribution in [0.3, 0.4) is 0 Å². The van der Waals surface area contributed by atoms with Crippen molar-refractivity contribution < 1.29 is 9.53 Å². The van der Waals surface area contributed by atoms with E-state index in [9.17, 15) is 4.79 Å². The van der Waals surface area contributed by atoms with E-state index < -0.39 is 0 Å². The van der Waals surface area contributed by atoms with Gasteiger partial charge in [0.15, 0.2) is 0 Å². The SMILES string of the molecule is CCOc1ccc(CC(=O)NCc2ccncc2)cc1. The number of nitrogens with zero attached hydrogens (tertiary/aromatic N) is 1. The van der Waals surface area contributed by atoms with E-state index in [2.05, 4.69) is 10.3 Å². The maximum absolute atomic E-state index is 11.8. The van der Waals surface area contributed by atoms with Gasteiger partial charge < -0.3 is 10.1 Å². The van der Waals surface area contributed by atoms with Gasteiger partial charge in [-0.2, -0.15) is 0 Å². The summed E-state index contributed by atoms with van der Waals surface area (Å²) in [6.07, 6.45) is 3.80. The van der Waals surface area contributed by atoms with E-state index in [-0.39, 0.29) is 5.91 Å². The van der Waals surface area contributed by atoms with Crippen LogP contribution in [0, 0.1) is 0 Å². The molecule has 1 N–H and O–H groups in total. The van der Waals surface area contributed by atoms with Gasteiger partial charge in [0.05, 0.1) is 13.0 Å². The average molecular weight is 270 g/mol. The number of rotatable bonds is 6. The maximum Gasteiger partial charge on any atom is 0.224 e. The first-order valence-corrected chi connectivity index (χ1v) is 6.65. The zero-order valence-electron chi connectivity index (χ0n) is 11.5. The van der Waals surface area contributed by atoms with Crippen molar-refractivity contribution in [2.75, 3.05) is 6.61 Å². The highest BCUT2D eigenvalue weighted by Crippen LogP contribution is 2.12. The second kappa shape index (κ2) is 7.28. The number of benzene rings is 1. The third-order valence-electron chi connectivity index (χ3n) is 2.84. The van der Waals surface area contributed by atoms with Gasteiger partial charge in [-0.05, 0) is 42.3 Å². The Labute approximate surface area is 118 Å². The largest absolute Gasteiger partial charge is 0.494 e. The molecule has 0 saturated carbocycles. The molecule has 0 radical (unpaired) electrons. The van der Waals surface area contributed by atoms with E-state index in [0.29, 0.717) is 19.6 Å². The number of pyridine rings is 1. The fourth-order valence-corrected chi connectivity index (χ4v) is 1.82. The average Bonchev–Trinajstić information content (AvgIpc) is 2.49. The molecule has 0 fully saturated rings. The third-order valence-corrected chi connectivity index (χ3v) is 2.84. The molecule has 0 spiro atoms. The van der Waals surface area contributed by atoms with Gasteiger partial charge in [-0.1, -0.05) is 12.1 Å². The fourth-order valence-electron chi connectivity index (χ4n) is 1.82. The number of hydrogen-bond acceptors (Lipinski definition) is 3. The van der Waals surface area contributed by atoms with Crippen molar-refractivity contribution in [2.45, 2.75) is 19.9 Å². The summed E-state index contributed by atoms with van der Waals surface area (Å²) in [6, 6.07) is 11.4. The van der Waals surface area contributed by atoms with Crippen molar-refractivity contribution in [2.24, 2.45) is 0 Å². The summed E-state index contributed by atoms with van der Waals surface area (Å²) in [5.41, 5.74) is 2.01. The lowest BCUT2D eigenvalue weighted by Gasteiger charge is -2.06. The highest BCUT2D eigenvalue weighted by Gasteiger charge is 2.03. The lowest BCUT2D eigenvalue weighted by Crippen LogP contribution is -2.24. The van der Waals surface area contributed by atoms with Gasteiger partial charge in [0, 0.05) is 18.9 Å². The molecule has 1 aromatic heterocycles. The van der Waals surface area contributed by atoms with Crippen LogP contribution < -0.4 is 10.1 Å². The Kier molecular flexibility index (Phi) is 5.12. The first kappa shape index (κ1) is 14.1. The van der Waals surface area contributed by atoms with Gasteiger partial charge in [0.1, 0.15) is 5.75 Å². The van der Waals surface area contributed by atoms with Crippen LogP contribution in [0.25, 0.3) is 0 Å². The molecule has 104 valence electrons. The van der Waals surface area contributed by atoms with Crippen LogP contribution in [0.1, 0.15) is 18.1 Å². The van der Waals surface area contributed by atoms with Crippen molar-refractivity contribution in [3.8, 4) is 5.75 Å². The standard InChI is InChI=1S/C16H18N2O2/c1-2-20-15-5-3-13(4-6-15)11-16(19)18-12-14-7-9-17-10-8-14/h3-10H,2,11-12H2,1H3,(H,18,19). The van der Waals surface area contributed by atoms with Crippen LogP contribution in [0.15, 0.2) is 48.8 Å². The second-order valence-electron chi connectivity index (χ2n) is 4.39. The normalized spacial score (nSPS) is 10.1. The van der Waals surface area contributed by atoms with E-state index in [0.717, 1.165) is 16.9 Å². The molecule has 0 saturated heterocycles. The Balaban J connectivity index is 1.82. The molecule has 4 heteroatoms. The van der Waals surface area contributed by atoms with Crippen LogP contribution in [0.2, 0.25) is 0 Å². The van der Waals surface area contributed by atoms with Crippen LogP contribution in [-0.4, -0.2) is 17.5 Å². The lowest BCUT2D eigenvalue weighted by molar-refractivity contribution is -0.120. The molecule has 0 atom stereocenters. The van der Waals surface area contributed by atoms with Gasteiger partial charge in [-0.15, -0.1) is 0 Å². The minimum absolute atomic E-state index is 0.00553. The van der Waals surface area contributed by atoms with Gasteiger partial charge in [-0.3, -0.25) is 9.78 Å². The Morgan fingerprint density at radius 2 is 1.80 bits per heavy atom. The molecule has 1 amide bonds. The Morgan fingerprint density at radius 3 is 2.45 bits per heavy atom. The van der Waals surface area contributed by atoms with Crippen molar-refractivity contribution >= 4 is 5.91 Å². The number of ether oxygens (including phenoxy) is 1. The van der Waals surface area contributed by atoms with Crippen LogP contribution in [0.4, 0.5) is 0 Å². The van der Waals surface area contributed by atoms with Crippen molar-refractivity contribution in [3.05, 3.63) is 59.9 Å². The number of hydrogen-bond donors (Lipinski definition) is 1. The molecule has 1 aromatic carbocycles. The van der Waals surface area contributed by atoms with Gasteiger partial charge in [-0.25, -0.2) is 0 Å². The zero-order valence-corrected chi connectivity index (χ0v) is 11.5. The van der Waals surface area contributed by atoms with Gasteiger partial charge in [0.25, 0.3) is 0 Å². The third kappa shape index (κ3) is 4.39. The summed E-state index contributed by atoms with van der Waals surface area (Å²) in [5.74, 6) is 0.833. The highest BCUT2D eigenvalue weighted by molar-refractivity contribution is 5.78. The highest BCUT2D eigenvalue weighted by atomic mass is 16.5. The van der Waals surface area contributed by atoms with Crippen molar-refractivity contribution in [1.82, 2.24) is 10.3 Å². The molecule has 4 nitrogen and oxygen atoms in total. The smallest absolute Gasteiger partial charge is 0.224 e. The number of nitrogens with one attached hydrogen (secondary N) is 1. The molecule has 2 aromatic rings. The van der Waals surface area contributed by atoms with E-state index >= 15 is 0 Å². The molecule has 2 rings (SSSR count). The molecule has 1 heterocycles. The topological polar surface area (TPSA) is 51.2 Å². The predicted octanol–water partition coefficient (Wildman–Crippen LogP) is 2.34. The summed E-state index contributed by atoms with van der Waals surface area (Å²) >= 11 is 0. The first-order chi connectivity index (χ1) is 9.78. The van der Waals surface area contributed by atoms with Crippen LogP contribution >= 0.6 is 0 Å². The summed E-state index contributed by atoms with van der Waals surface area (Å²) in [7, 11) is 0. The summed E-state index contributed by atoms with van der Waals surface area (Å²) in [4.78, 5) is 15.8. The minimum Gasteiger partial charge on any atom is -0.494 e. The molecular formula is C16H18N2O2. The Morgan fingerprint density at radius 1 is 1.10 bits per heavy atom. The first-order valence-electron chi connectivity index (χ1n) is 6.65. The van der Waals surface area contributed by atoms with Crippen molar-refractivity contribution in [3.63, 3.8) is 0 Å².